The number of alkyl halides is 3. The summed E-state index contributed by atoms with van der Waals surface area (Å²) in [4.78, 5) is 0. The van der Waals surface area contributed by atoms with Crippen molar-refractivity contribution in [1.82, 2.24) is 9.78 Å². The predicted molar refractivity (Wildman–Crippen MR) is 64.8 cm³/mol. The maximum atomic E-state index is 12.8. The molecule has 0 fully saturated rings. The van der Waals surface area contributed by atoms with Crippen molar-refractivity contribution < 1.29 is 17.9 Å². The molecular weight excluding hydrogens is 295 g/mol. The van der Waals surface area contributed by atoms with E-state index in [1.165, 1.54) is 19.2 Å². The number of hydrogen-bond acceptors (Lipinski definition) is 3. The molecule has 104 valence electrons. The molecule has 20 heavy (non-hydrogen) atoms. The van der Waals surface area contributed by atoms with Crippen LogP contribution in [0.4, 0.5) is 13.2 Å². The van der Waals surface area contributed by atoms with E-state index in [0.717, 1.165) is 4.68 Å². The lowest BCUT2D eigenvalue weighted by molar-refractivity contribution is -0.141. The molecule has 2 rings (SSSR count). The summed E-state index contributed by atoms with van der Waals surface area (Å²) in [6, 6.07) is 7.70. The normalized spacial score (nSPS) is 11.2. The SMILES string of the molecule is COc1ccccc1-n1nc(C(F)(F)F)c(C#N)c1Cl. The summed E-state index contributed by atoms with van der Waals surface area (Å²) < 4.78 is 44.3. The molecule has 0 aliphatic carbocycles. The number of ether oxygens (including phenoxy) is 1. The lowest BCUT2D eigenvalue weighted by atomic mass is 10.2. The second-order valence-corrected chi connectivity index (χ2v) is 4.07. The lowest BCUT2D eigenvalue weighted by Crippen LogP contribution is -2.09. The van der Waals surface area contributed by atoms with Gasteiger partial charge in [0, 0.05) is 0 Å². The molecule has 1 aromatic heterocycles. The van der Waals surface area contributed by atoms with Crippen LogP contribution in [0.1, 0.15) is 11.3 Å². The molecule has 0 aliphatic rings. The Morgan fingerprint density at radius 2 is 2.00 bits per heavy atom. The van der Waals surface area contributed by atoms with Crippen LogP contribution in [0.5, 0.6) is 5.75 Å². The van der Waals surface area contributed by atoms with Crippen LogP contribution >= 0.6 is 11.6 Å². The van der Waals surface area contributed by atoms with Gasteiger partial charge in [0.25, 0.3) is 0 Å². The van der Waals surface area contributed by atoms with Gasteiger partial charge in [0.2, 0.25) is 0 Å². The van der Waals surface area contributed by atoms with Crippen LogP contribution in [0.2, 0.25) is 5.15 Å². The molecule has 0 atom stereocenters. The highest BCUT2D eigenvalue weighted by Crippen LogP contribution is 2.36. The summed E-state index contributed by atoms with van der Waals surface area (Å²) in [6.07, 6.45) is -4.76. The van der Waals surface area contributed by atoms with Crippen LogP contribution in [-0.2, 0) is 6.18 Å². The fourth-order valence-corrected chi connectivity index (χ4v) is 1.92. The zero-order valence-corrected chi connectivity index (χ0v) is 10.8. The minimum Gasteiger partial charge on any atom is -0.494 e. The maximum Gasteiger partial charge on any atom is 0.436 e. The van der Waals surface area contributed by atoms with Gasteiger partial charge in [-0.25, -0.2) is 4.68 Å². The minimum atomic E-state index is -4.76. The molecule has 0 amide bonds. The van der Waals surface area contributed by atoms with E-state index in [9.17, 15) is 13.2 Å². The first kappa shape index (κ1) is 14.2. The molecule has 0 aliphatic heterocycles. The summed E-state index contributed by atoms with van der Waals surface area (Å²) in [6.45, 7) is 0. The van der Waals surface area contributed by atoms with Crippen molar-refractivity contribution in [3.05, 3.63) is 40.7 Å². The zero-order valence-electron chi connectivity index (χ0n) is 10.1. The molecule has 0 saturated heterocycles. The van der Waals surface area contributed by atoms with E-state index in [2.05, 4.69) is 5.10 Å². The molecule has 1 aromatic carbocycles. The fourth-order valence-electron chi connectivity index (χ4n) is 1.66. The van der Waals surface area contributed by atoms with Gasteiger partial charge in [0.05, 0.1) is 7.11 Å². The minimum absolute atomic E-state index is 0.215. The van der Waals surface area contributed by atoms with Gasteiger partial charge in [0.1, 0.15) is 23.1 Å². The van der Waals surface area contributed by atoms with Crippen molar-refractivity contribution in [2.24, 2.45) is 0 Å². The van der Waals surface area contributed by atoms with E-state index in [4.69, 9.17) is 21.6 Å². The summed E-state index contributed by atoms with van der Waals surface area (Å²) in [5.74, 6) is 0.287. The monoisotopic (exact) mass is 301 g/mol. The first-order chi connectivity index (χ1) is 9.40. The number of para-hydroxylation sites is 2. The quantitative estimate of drug-likeness (QED) is 0.854. The number of halogens is 4. The highest BCUT2D eigenvalue weighted by Gasteiger charge is 2.39. The summed E-state index contributed by atoms with van der Waals surface area (Å²) >= 11 is 5.82. The number of benzene rings is 1. The zero-order chi connectivity index (χ0) is 14.9. The van der Waals surface area contributed by atoms with Crippen molar-refractivity contribution in [2.45, 2.75) is 6.18 Å². The molecule has 0 radical (unpaired) electrons. The number of rotatable bonds is 2. The molecule has 0 bridgehead atoms. The highest BCUT2D eigenvalue weighted by atomic mass is 35.5. The number of nitriles is 1. The van der Waals surface area contributed by atoms with Crippen LogP contribution < -0.4 is 4.74 Å². The third-order valence-corrected chi connectivity index (χ3v) is 2.87. The molecule has 0 saturated carbocycles. The average molecular weight is 302 g/mol. The fraction of sp³-hybridized carbons (Fsp3) is 0.167. The van der Waals surface area contributed by atoms with Crippen molar-refractivity contribution in [2.75, 3.05) is 7.11 Å². The first-order valence-electron chi connectivity index (χ1n) is 5.29. The van der Waals surface area contributed by atoms with Crippen molar-refractivity contribution >= 4 is 11.6 Å². The Bertz CT molecular complexity index is 688. The van der Waals surface area contributed by atoms with Crippen LogP contribution in [0.3, 0.4) is 0 Å². The van der Waals surface area contributed by atoms with Crippen molar-refractivity contribution in [3.8, 4) is 17.5 Å². The Labute approximate surface area is 116 Å². The summed E-state index contributed by atoms with van der Waals surface area (Å²) in [7, 11) is 1.37. The molecule has 2 aromatic rings. The smallest absolute Gasteiger partial charge is 0.436 e. The predicted octanol–water partition coefficient (Wildman–Crippen LogP) is 3.42. The van der Waals surface area contributed by atoms with Gasteiger partial charge >= 0.3 is 6.18 Å². The molecule has 1 heterocycles. The number of aromatic nitrogens is 2. The Morgan fingerprint density at radius 1 is 1.35 bits per heavy atom. The Kier molecular flexibility index (Phi) is 3.59. The largest absolute Gasteiger partial charge is 0.494 e. The van der Waals surface area contributed by atoms with Crippen LogP contribution in [0, 0.1) is 11.3 Å². The maximum absolute atomic E-state index is 12.8. The third-order valence-electron chi connectivity index (χ3n) is 2.52. The van der Waals surface area contributed by atoms with Crippen LogP contribution in [0.15, 0.2) is 24.3 Å². The van der Waals surface area contributed by atoms with E-state index in [1.807, 2.05) is 0 Å². The van der Waals surface area contributed by atoms with Gasteiger partial charge in [-0.2, -0.15) is 23.5 Å². The molecule has 4 nitrogen and oxygen atoms in total. The van der Waals surface area contributed by atoms with E-state index < -0.39 is 22.6 Å². The van der Waals surface area contributed by atoms with Gasteiger partial charge in [-0.1, -0.05) is 23.7 Å². The van der Waals surface area contributed by atoms with Gasteiger partial charge < -0.3 is 4.74 Å². The van der Waals surface area contributed by atoms with Crippen LogP contribution in [-0.4, -0.2) is 16.9 Å². The van der Waals surface area contributed by atoms with Crippen molar-refractivity contribution in [3.63, 3.8) is 0 Å². The molecular formula is C12H7ClF3N3O. The van der Waals surface area contributed by atoms with Gasteiger partial charge in [0.15, 0.2) is 10.8 Å². The Morgan fingerprint density at radius 3 is 2.50 bits per heavy atom. The Hall–Kier alpha value is -2.20. The lowest BCUT2D eigenvalue weighted by Gasteiger charge is -2.08. The summed E-state index contributed by atoms with van der Waals surface area (Å²) in [5, 5.41) is 11.8. The second kappa shape index (κ2) is 5.06. The number of methoxy groups -OCH3 is 1. The molecule has 0 unspecified atom stereocenters. The first-order valence-corrected chi connectivity index (χ1v) is 5.67. The van der Waals surface area contributed by atoms with Gasteiger partial charge in [-0.15, -0.1) is 0 Å². The molecule has 0 N–H and O–H groups in total. The van der Waals surface area contributed by atoms with Crippen molar-refractivity contribution in [1.29, 1.82) is 5.26 Å². The molecule has 8 heteroatoms. The number of nitrogens with zero attached hydrogens (tertiary/aromatic N) is 3. The van der Waals surface area contributed by atoms with Gasteiger partial charge in [-0.3, -0.25) is 0 Å². The topological polar surface area (TPSA) is 50.8 Å². The molecule has 0 spiro atoms. The number of hydrogen-bond donors (Lipinski definition) is 0. The standard InChI is InChI=1S/C12H7ClF3N3O/c1-20-9-5-3-2-4-8(9)19-11(13)7(6-17)10(18-19)12(14,15)16/h2-5H,1H3. The van der Waals surface area contributed by atoms with E-state index in [0.29, 0.717) is 0 Å². The third kappa shape index (κ3) is 2.30. The van der Waals surface area contributed by atoms with Gasteiger partial charge in [-0.05, 0) is 12.1 Å². The van der Waals surface area contributed by atoms with E-state index in [-0.39, 0.29) is 11.4 Å². The van der Waals surface area contributed by atoms with E-state index in [1.54, 1.807) is 18.2 Å². The summed E-state index contributed by atoms with van der Waals surface area (Å²) in [5.41, 5.74) is -1.83. The average Bonchev–Trinajstić information content (AvgIpc) is 2.75. The Balaban J connectivity index is 2.71. The van der Waals surface area contributed by atoms with E-state index >= 15 is 0 Å². The second-order valence-electron chi connectivity index (χ2n) is 3.71. The highest BCUT2D eigenvalue weighted by molar-refractivity contribution is 6.31. The van der Waals surface area contributed by atoms with Crippen LogP contribution in [0.25, 0.3) is 5.69 Å².